The van der Waals surface area contributed by atoms with E-state index in [1.54, 1.807) is 18.3 Å². The van der Waals surface area contributed by atoms with Crippen molar-refractivity contribution in [3.63, 3.8) is 0 Å². The van der Waals surface area contributed by atoms with E-state index in [0.29, 0.717) is 11.4 Å². The van der Waals surface area contributed by atoms with Gasteiger partial charge in [0.25, 0.3) is 5.56 Å². The summed E-state index contributed by atoms with van der Waals surface area (Å²) in [6.07, 6.45) is 3.40. The first-order valence-corrected chi connectivity index (χ1v) is 8.34. The Morgan fingerprint density at radius 2 is 1.69 bits per heavy atom. The van der Waals surface area contributed by atoms with Crippen molar-refractivity contribution in [1.29, 1.82) is 0 Å². The van der Waals surface area contributed by atoms with Gasteiger partial charge in [-0.25, -0.2) is 9.67 Å². The van der Waals surface area contributed by atoms with Crippen LogP contribution in [0.4, 0.5) is 11.4 Å². The van der Waals surface area contributed by atoms with E-state index in [-0.39, 0.29) is 5.56 Å². The number of para-hydroxylation sites is 2. The summed E-state index contributed by atoms with van der Waals surface area (Å²) in [4.78, 5) is 21.1. The van der Waals surface area contributed by atoms with Crippen LogP contribution in [0.15, 0.2) is 65.0 Å². The van der Waals surface area contributed by atoms with Crippen molar-refractivity contribution in [2.24, 2.45) is 0 Å². The second-order valence-electron chi connectivity index (χ2n) is 6.20. The van der Waals surface area contributed by atoms with Gasteiger partial charge in [-0.05, 0) is 37.3 Å². The summed E-state index contributed by atoms with van der Waals surface area (Å²) in [5, 5.41) is 3.08. The third-order valence-corrected chi connectivity index (χ3v) is 4.58. The normalized spacial score (nSPS) is 13.0. The average Bonchev–Trinajstić information content (AvgIpc) is 3.09. The SMILES string of the molecule is Cc1[nH]n(-c2ccccn2)c(=O)c1C=C=C1N(C)c2ccccc2N1C. The molecule has 0 radical (unpaired) electrons. The van der Waals surface area contributed by atoms with Gasteiger partial charge in [-0.1, -0.05) is 23.9 Å². The summed E-state index contributed by atoms with van der Waals surface area (Å²) in [6.45, 7) is 1.87. The molecule has 0 saturated heterocycles. The summed E-state index contributed by atoms with van der Waals surface area (Å²) in [7, 11) is 3.99. The molecule has 0 amide bonds. The Morgan fingerprint density at radius 1 is 1.04 bits per heavy atom. The number of nitrogens with one attached hydrogen (secondary N) is 1. The molecular formula is C20H19N5O. The molecular weight excluding hydrogens is 326 g/mol. The number of fused-ring (bicyclic) bond motifs is 1. The summed E-state index contributed by atoms with van der Waals surface area (Å²) in [5.41, 5.74) is 6.71. The zero-order chi connectivity index (χ0) is 18.3. The zero-order valence-electron chi connectivity index (χ0n) is 14.9. The first kappa shape index (κ1) is 16.0. The zero-order valence-corrected chi connectivity index (χ0v) is 14.9. The van der Waals surface area contributed by atoms with Crippen LogP contribution in [0.5, 0.6) is 0 Å². The van der Waals surface area contributed by atoms with Gasteiger partial charge in [0.05, 0.1) is 16.9 Å². The van der Waals surface area contributed by atoms with E-state index in [0.717, 1.165) is 22.9 Å². The first-order valence-electron chi connectivity index (χ1n) is 8.34. The lowest BCUT2D eigenvalue weighted by molar-refractivity contribution is 0.807. The Balaban J connectivity index is 1.78. The van der Waals surface area contributed by atoms with Gasteiger partial charge in [-0.15, -0.1) is 0 Å². The van der Waals surface area contributed by atoms with E-state index < -0.39 is 0 Å². The van der Waals surface area contributed by atoms with Crippen LogP contribution in [-0.4, -0.2) is 28.9 Å². The number of aromatic nitrogens is 3. The molecule has 0 bridgehead atoms. The van der Waals surface area contributed by atoms with Gasteiger partial charge >= 0.3 is 0 Å². The van der Waals surface area contributed by atoms with Gasteiger partial charge in [0, 0.05) is 26.0 Å². The minimum Gasteiger partial charge on any atom is -0.322 e. The molecule has 0 unspecified atom stereocenters. The number of pyridine rings is 1. The monoisotopic (exact) mass is 345 g/mol. The Labute approximate surface area is 151 Å². The largest absolute Gasteiger partial charge is 0.322 e. The lowest BCUT2D eigenvalue weighted by Gasteiger charge is -2.15. The molecule has 0 atom stereocenters. The van der Waals surface area contributed by atoms with Crippen LogP contribution in [0.1, 0.15) is 11.3 Å². The topological polar surface area (TPSA) is 57.2 Å². The third-order valence-electron chi connectivity index (χ3n) is 4.58. The molecule has 1 aliphatic rings. The maximum Gasteiger partial charge on any atom is 0.280 e. The van der Waals surface area contributed by atoms with Gasteiger partial charge < -0.3 is 9.80 Å². The smallest absolute Gasteiger partial charge is 0.280 e. The van der Waals surface area contributed by atoms with Crippen LogP contribution >= 0.6 is 0 Å². The molecule has 26 heavy (non-hydrogen) atoms. The third kappa shape index (κ3) is 2.44. The molecule has 0 aliphatic carbocycles. The molecule has 3 aromatic rings. The molecule has 0 saturated carbocycles. The predicted octanol–water partition coefficient (Wildman–Crippen LogP) is 2.91. The number of H-pyrrole nitrogens is 1. The van der Waals surface area contributed by atoms with E-state index in [1.165, 1.54) is 4.68 Å². The molecule has 0 spiro atoms. The van der Waals surface area contributed by atoms with Gasteiger partial charge in [-0.2, -0.15) is 0 Å². The van der Waals surface area contributed by atoms with Gasteiger partial charge in [0.15, 0.2) is 11.6 Å². The lowest BCUT2D eigenvalue weighted by Crippen LogP contribution is -2.21. The van der Waals surface area contributed by atoms with Crippen molar-refractivity contribution in [2.75, 3.05) is 23.9 Å². The van der Waals surface area contributed by atoms with Crippen molar-refractivity contribution >= 4 is 17.5 Å². The first-order chi connectivity index (χ1) is 12.6. The van der Waals surface area contributed by atoms with Crippen molar-refractivity contribution in [2.45, 2.75) is 6.92 Å². The van der Waals surface area contributed by atoms with Crippen molar-refractivity contribution in [3.8, 4) is 5.82 Å². The fraction of sp³-hybridized carbons (Fsp3) is 0.150. The lowest BCUT2D eigenvalue weighted by atomic mass is 10.2. The Hall–Kier alpha value is -3.50. The Kier molecular flexibility index (Phi) is 3.75. The molecule has 6 heteroatoms. The standard InChI is InChI=1S/C20H19N5O/c1-14-15(20(26)25(22-14)18-10-6-7-13-21-18)11-12-19-23(2)16-8-4-5-9-17(16)24(19)3/h4-11,13,22H,1-3H3. The molecule has 130 valence electrons. The summed E-state index contributed by atoms with van der Waals surface area (Å²) >= 11 is 0. The second-order valence-corrected chi connectivity index (χ2v) is 6.20. The molecule has 1 N–H and O–H groups in total. The van der Waals surface area contributed by atoms with Crippen LogP contribution in [0.3, 0.4) is 0 Å². The van der Waals surface area contributed by atoms with Crippen molar-refractivity contribution in [1.82, 2.24) is 14.8 Å². The quantitative estimate of drug-likeness (QED) is 0.726. The summed E-state index contributed by atoms with van der Waals surface area (Å²) < 4.78 is 1.45. The molecule has 3 heterocycles. The van der Waals surface area contributed by atoms with Gasteiger partial charge in [0.2, 0.25) is 0 Å². The number of rotatable bonds is 2. The van der Waals surface area contributed by atoms with Crippen LogP contribution in [0, 0.1) is 6.92 Å². The highest BCUT2D eigenvalue weighted by molar-refractivity contribution is 5.82. The number of benzene rings is 1. The van der Waals surface area contributed by atoms with E-state index in [4.69, 9.17) is 0 Å². The second kappa shape index (κ2) is 6.10. The van der Waals surface area contributed by atoms with E-state index >= 15 is 0 Å². The minimum atomic E-state index is -0.143. The maximum absolute atomic E-state index is 12.8. The molecule has 1 aromatic carbocycles. The van der Waals surface area contributed by atoms with Crippen molar-refractivity contribution < 1.29 is 0 Å². The van der Waals surface area contributed by atoms with Crippen LogP contribution < -0.4 is 15.4 Å². The molecule has 4 rings (SSSR count). The van der Waals surface area contributed by atoms with Crippen LogP contribution in [0.2, 0.25) is 0 Å². The van der Waals surface area contributed by atoms with Crippen LogP contribution in [-0.2, 0) is 0 Å². The van der Waals surface area contributed by atoms with Crippen molar-refractivity contribution in [3.05, 3.63) is 81.8 Å². The van der Waals surface area contributed by atoms with E-state index in [1.807, 2.05) is 45.3 Å². The Morgan fingerprint density at radius 3 is 2.31 bits per heavy atom. The predicted molar refractivity (Wildman–Crippen MR) is 104 cm³/mol. The molecule has 1 aliphatic heterocycles. The molecule has 6 nitrogen and oxygen atoms in total. The number of aryl methyl sites for hydroxylation is 1. The summed E-state index contributed by atoms with van der Waals surface area (Å²) in [6, 6.07) is 13.6. The minimum absolute atomic E-state index is 0.143. The number of hydrogen-bond acceptors (Lipinski definition) is 4. The highest BCUT2D eigenvalue weighted by Gasteiger charge is 2.25. The van der Waals surface area contributed by atoms with E-state index in [2.05, 4.69) is 37.7 Å². The fourth-order valence-electron chi connectivity index (χ4n) is 3.19. The van der Waals surface area contributed by atoms with Gasteiger partial charge in [0.1, 0.15) is 0 Å². The van der Waals surface area contributed by atoms with Crippen LogP contribution in [0.25, 0.3) is 11.9 Å². The number of anilines is 2. The number of hydrogen-bond donors (Lipinski definition) is 1. The highest BCUT2D eigenvalue weighted by atomic mass is 16.1. The Bertz CT molecular complexity index is 1060. The highest BCUT2D eigenvalue weighted by Crippen LogP contribution is 2.38. The fourth-order valence-corrected chi connectivity index (χ4v) is 3.19. The van der Waals surface area contributed by atoms with Gasteiger partial charge in [-0.3, -0.25) is 9.89 Å². The average molecular weight is 345 g/mol. The van der Waals surface area contributed by atoms with E-state index in [9.17, 15) is 4.79 Å². The maximum atomic E-state index is 12.8. The molecule has 0 fully saturated rings. The number of nitrogens with zero attached hydrogens (tertiary/aromatic N) is 4. The molecule has 2 aromatic heterocycles. The summed E-state index contributed by atoms with van der Waals surface area (Å²) in [5.74, 6) is 1.45. The number of aromatic amines is 1.